The summed E-state index contributed by atoms with van der Waals surface area (Å²) >= 11 is 1.17. The Hall–Kier alpha value is -3.40. The van der Waals surface area contributed by atoms with Gasteiger partial charge in [0.05, 0.1) is 20.3 Å². The molecular weight excluding hydrogens is 435 g/mol. The third-order valence-electron chi connectivity index (χ3n) is 4.45. The summed E-state index contributed by atoms with van der Waals surface area (Å²) in [7, 11) is 1.55. The van der Waals surface area contributed by atoms with Crippen LogP contribution in [0.15, 0.2) is 53.7 Å². The van der Waals surface area contributed by atoms with Crippen molar-refractivity contribution < 1.29 is 23.5 Å². The number of carbonyl (C=O) groups is 2. The number of hydrogen-bond acceptors (Lipinski definition) is 7. The van der Waals surface area contributed by atoms with E-state index in [9.17, 15) is 14.0 Å². The summed E-state index contributed by atoms with van der Waals surface area (Å²) < 4.78 is 25.3. The van der Waals surface area contributed by atoms with Crippen molar-refractivity contribution in [3.05, 3.63) is 65.7 Å². The maximum atomic E-state index is 13.5. The Morgan fingerprint density at radius 3 is 2.44 bits per heavy atom. The van der Waals surface area contributed by atoms with Crippen molar-refractivity contribution in [2.75, 3.05) is 13.7 Å². The summed E-state index contributed by atoms with van der Waals surface area (Å²) in [6, 6.07) is 12.5. The number of esters is 1. The topological polar surface area (TPSA) is 95.3 Å². The van der Waals surface area contributed by atoms with Crippen LogP contribution in [0.1, 0.15) is 30.0 Å². The fraction of sp³-hybridized carbons (Fsp3) is 0.273. The second-order valence-corrected chi connectivity index (χ2v) is 7.94. The molecular formula is C22H23FN4O4S. The molecule has 1 atom stereocenters. The molecule has 1 amide bonds. The SMILES string of the molecule is CCOC(=O)[C@H](C)Sc1nnc(CNC(=O)c2ccc(OC)cc2)n1-c1ccc(F)cc1. The molecule has 0 bridgehead atoms. The number of thioether (sulfide) groups is 1. The smallest absolute Gasteiger partial charge is 0.319 e. The number of halogens is 1. The molecule has 0 aliphatic rings. The molecule has 8 nitrogen and oxygen atoms in total. The maximum Gasteiger partial charge on any atom is 0.319 e. The van der Waals surface area contributed by atoms with Crippen molar-refractivity contribution in [2.45, 2.75) is 30.8 Å². The minimum atomic E-state index is -0.528. The van der Waals surface area contributed by atoms with Crippen LogP contribution in [0.5, 0.6) is 5.75 Å². The zero-order valence-corrected chi connectivity index (χ0v) is 18.7. The molecule has 168 valence electrons. The van der Waals surface area contributed by atoms with Crippen LogP contribution >= 0.6 is 11.8 Å². The summed E-state index contributed by atoms with van der Waals surface area (Å²) in [5.41, 5.74) is 1.06. The van der Waals surface area contributed by atoms with Crippen molar-refractivity contribution in [2.24, 2.45) is 0 Å². The van der Waals surface area contributed by atoms with Crippen molar-refractivity contribution in [3.63, 3.8) is 0 Å². The molecule has 0 aliphatic carbocycles. The van der Waals surface area contributed by atoms with E-state index >= 15 is 0 Å². The minimum absolute atomic E-state index is 0.0730. The Morgan fingerprint density at radius 2 is 1.81 bits per heavy atom. The van der Waals surface area contributed by atoms with Crippen LogP contribution in [-0.2, 0) is 16.1 Å². The first-order valence-corrected chi connectivity index (χ1v) is 10.8. The van der Waals surface area contributed by atoms with E-state index in [1.54, 1.807) is 61.9 Å². The molecule has 1 aromatic heterocycles. The normalized spacial score (nSPS) is 11.6. The van der Waals surface area contributed by atoms with Gasteiger partial charge in [-0.2, -0.15) is 0 Å². The zero-order chi connectivity index (χ0) is 23.1. The first kappa shape index (κ1) is 23.3. The zero-order valence-electron chi connectivity index (χ0n) is 17.9. The number of rotatable bonds is 9. The third-order valence-corrected chi connectivity index (χ3v) is 5.47. The number of hydrogen-bond donors (Lipinski definition) is 1. The summed E-state index contributed by atoms with van der Waals surface area (Å²) in [4.78, 5) is 24.6. The number of nitrogens with zero attached hydrogens (tertiary/aromatic N) is 3. The Labute approximate surface area is 189 Å². The fourth-order valence-corrected chi connectivity index (χ4v) is 3.69. The highest BCUT2D eigenvalue weighted by Gasteiger charge is 2.22. The molecule has 0 saturated carbocycles. The van der Waals surface area contributed by atoms with E-state index in [0.717, 1.165) is 0 Å². The number of aromatic nitrogens is 3. The first-order valence-electron chi connectivity index (χ1n) is 9.88. The molecule has 0 radical (unpaired) electrons. The number of nitrogens with one attached hydrogen (secondary N) is 1. The van der Waals surface area contributed by atoms with Crippen LogP contribution in [0.25, 0.3) is 5.69 Å². The van der Waals surface area contributed by atoms with E-state index in [1.807, 2.05) is 0 Å². The van der Waals surface area contributed by atoms with E-state index in [4.69, 9.17) is 9.47 Å². The lowest BCUT2D eigenvalue weighted by Crippen LogP contribution is -2.24. The summed E-state index contributed by atoms with van der Waals surface area (Å²) in [6.07, 6.45) is 0. The van der Waals surface area contributed by atoms with Crippen LogP contribution in [0, 0.1) is 5.82 Å². The maximum absolute atomic E-state index is 13.5. The first-order chi connectivity index (χ1) is 15.4. The third kappa shape index (κ3) is 5.64. The van der Waals surface area contributed by atoms with Crippen LogP contribution in [0.4, 0.5) is 4.39 Å². The van der Waals surface area contributed by atoms with Crippen molar-refractivity contribution in [1.29, 1.82) is 0 Å². The lowest BCUT2D eigenvalue weighted by molar-refractivity contribution is -0.142. The highest BCUT2D eigenvalue weighted by molar-refractivity contribution is 8.00. The Kier molecular flexibility index (Phi) is 7.82. The number of ether oxygens (including phenoxy) is 2. The Bertz CT molecular complexity index is 1070. The number of amides is 1. The van der Waals surface area contributed by atoms with Crippen molar-refractivity contribution in [1.82, 2.24) is 20.1 Å². The predicted octanol–water partition coefficient (Wildman–Crippen LogP) is 3.39. The standard InChI is InChI=1S/C22H23FN4O4S/c1-4-31-21(29)14(2)32-22-26-25-19(27(22)17-9-7-16(23)8-10-17)13-24-20(28)15-5-11-18(30-3)12-6-15/h5-12,14H,4,13H2,1-3H3,(H,24,28)/t14-/m0/s1. The van der Waals surface area contributed by atoms with Crippen molar-refractivity contribution in [3.8, 4) is 11.4 Å². The average molecular weight is 459 g/mol. The van der Waals surface area contributed by atoms with Gasteiger partial charge in [0.2, 0.25) is 0 Å². The molecule has 10 heteroatoms. The van der Waals surface area contributed by atoms with Crippen LogP contribution in [-0.4, -0.2) is 45.6 Å². The molecule has 0 spiro atoms. The van der Waals surface area contributed by atoms with Gasteiger partial charge >= 0.3 is 5.97 Å². The fourth-order valence-electron chi connectivity index (χ4n) is 2.81. The number of carbonyl (C=O) groups excluding carboxylic acids is 2. The molecule has 1 N–H and O–H groups in total. The van der Waals surface area contributed by atoms with Crippen molar-refractivity contribution >= 4 is 23.6 Å². The highest BCUT2D eigenvalue weighted by atomic mass is 32.2. The Morgan fingerprint density at radius 1 is 1.12 bits per heavy atom. The second kappa shape index (κ2) is 10.8. The van der Waals surface area contributed by atoms with E-state index in [-0.39, 0.29) is 30.8 Å². The minimum Gasteiger partial charge on any atom is -0.497 e. The largest absolute Gasteiger partial charge is 0.497 e. The molecule has 0 saturated heterocycles. The van der Waals surface area contributed by atoms with E-state index < -0.39 is 5.25 Å². The van der Waals surface area contributed by atoms with Crippen LogP contribution < -0.4 is 10.1 Å². The monoisotopic (exact) mass is 458 g/mol. The molecule has 0 unspecified atom stereocenters. The molecule has 1 heterocycles. The van der Waals surface area contributed by atoms with Gasteiger partial charge in [-0.05, 0) is 62.4 Å². The van der Waals surface area contributed by atoms with Gasteiger partial charge in [-0.1, -0.05) is 11.8 Å². The van der Waals surface area contributed by atoms with Crippen LogP contribution in [0.3, 0.4) is 0 Å². The lowest BCUT2D eigenvalue weighted by Gasteiger charge is -2.13. The lowest BCUT2D eigenvalue weighted by atomic mass is 10.2. The van der Waals surface area contributed by atoms with E-state index in [2.05, 4.69) is 15.5 Å². The van der Waals surface area contributed by atoms with E-state index in [0.29, 0.717) is 28.0 Å². The van der Waals surface area contributed by atoms with E-state index in [1.165, 1.54) is 23.9 Å². The summed E-state index contributed by atoms with van der Waals surface area (Å²) in [5, 5.41) is 11.1. The van der Waals surface area contributed by atoms with Gasteiger partial charge in [-0.25, -0.2) is 4.39 Å². The van der Waals surface area contributed by atoms with Gasteiger partial charge in [0.15, 0.2) is 11.0 Å². The van der Waals surface area contributed by atoms with Gasteiger partial charge in [0.25, 0.3) is 5.91 Å². The Balaban J connectivity index is 1.82. The van der Waals surface area contributed by atoms with Gasteiger partial charge in [-0.3, -0.25) is 14.2 Å². The second-order valence-electron chi connectivity index (χ2n) is 6.63. The van der Waals surface area contributed by atoms with Gasteiger partial charge in [0.1, 0.15) is 16.8 Å². The average Bonchev–Trinajstić information content (AvgIpc) is 3.20. The van der Waals surface area contributed by atoms with Gasteiger partial charge in [0, 0.05) is 11.3 Å². The summed E-state index contributed by atoms with van der Waals surface area (Å²) in [6.45, 7) is 3.79. The quantitative estimate of drug-likeness (QED) is 0.388. The van der Waals surface area contributed by atoms with Gasteiger partial charge in [-0.15, -0.1) is 10.2 Å². The number of methoxy groups -OCH3 is 1. The van der Waals surface area contributed by atoms with Gasteiger partial charge < -0.3 is 14.8 Å². The predicted molar refractivity (Wildman–Crippen MR) is 117 cm³/mol. The molecule has 3 rings (SSSR count). The highest BCUT2D eigenvalue weighted by Crippen LogP contribution is 2.26. The summed E-state index contributed by atoms with van der Waals surface area (Å²) in [5.74, 6) is 0.0215. The molecule has 0 aliphatic heterocycles. The molecule has 0 fully saturated rings. The number of benzene rings is 2. The van der Waals surface area contributed by atoms with Crippen LogP contribution in [0.2, 0.25) is 0 Å². The molecule has 2 aromatic carbocycles. The molecule has 3 aromatic rings. The molecule has 32 heavy (non-hydrogen) atoms.